The summed E-state index contributed by atoms with van der Waals surface area (Å²) in [7, 11) is 0. The number of piperazine rings is 1. The van der Waals surface area contributed by atoms with Gasteiger partial charge in [-0.2, -0.15) is 0 Å². The molecule has 0 unspecified atom stereocenters. The van der Waals surface area contributed by atoms with Crippen molar-refractivity contribution in [1.29, 1.82) is 0 Å². The third-order valence-corrected chi connectivity index (χ3v) is 5.74. The molecule has 2 fully saturated rings. The average molecular weight is 378 g/mol. The van der Waals surface area contributed by atoms with E-state index >= 15 is 0 Å². The van der Waals surface area contributed by atoms with E-state index in [0.29, 0.717) is 17.5 Å². The van der Waals surface area contributed by atoms with Crippen LogP contribution in [0.3, 0.4) is 0 Å². The van der Waals surface area contributed by atoms with Crippen LogP contribution in [0.25, 0.3) is 22.4 Å². The zero-order chi connectivity index (χ0) is 18.9. The molecule has 3 heterocycles. The molecule has 2 aliphatic rings. The van der Waals surface area contributed by atoms with Gasteiger partial charge < -0.3 is 9.32 Å². The van der Waals surface area contributed by atoms with Crippen LogP contribution >= 0.6 is 0 Å². The van der Waals surface area contributed by atoms with Gasteiger partial charge in [0.25, 0.3) is 5.89 Å². The fraction of sp³-hybridized carbons (Fsp3) is 0.524. The zero-order valence-electron chi connectivity index (χ0n) is 16.3. The summed E-state index contributed by atoms with van der Waals surface area (Å²) < 4.78 is 5.89. The number of anilines is 1. The summed E-state index contributed by atoms with van der Waals surface area (Å²) in [6.07, 6.45) is 4.79. The number of rotatable bonds is 6. The van der Waals surface area contributed by atoms with Gasteiger partial charge in [0, 0.05) is 42.9 Å². The lowest BCUT2D eigenvalue weighted by Gasteiger charge is -2.35. The van der Waals surface area contributed by atoms with Crippen molar-refractivity contribution in [3.63, 3.8) is 0 Å². The van der Waals surface area contributed by atoms with Crippen molar-refractivity contribution >= 4 is 16.6 Å². The summed E-state index contributed by atoms with van der Waals surface area (Å²) in [5.74, 6) is 2.59. The predicted octanol–water partition coefficient (Wildman–Crippen LogP) is 3.48. The van der Waals surface area contributed by atoms with Crippen molar-refractivity contribution < 1.29 is 4.42 Å². The number of hydrogen-bond acceptors (Lipinski definition) is 7. The van der Waals surface area contributed by atoms with Gasteiger partial charge in [-0.1, -0.05) is 37.6 Å². The van der Waals surface area contributed by atoms with E-state index in [1.807, 2.05) is 6.07 Å². The molecule has 3 aromatic rings. The number of aromatic nitrogens is 4. The quantitative estimate of drug-likeness (QED) is 0.650. The third kappa shape index (κ3) is 3.35. The zero-order valence-corrected chi connectivity index (χ0v) is 16.3. The van der Waals surface area contributed by atoms with Gasteiger partial charge in [-0.05, 0) is 25.8 Å². The van der Waals surface area contributed by atoms with Gasteiger partial charge in [-0.25, -0.2) is 0 Å². The SMILES string of the molecule is CCCCN1CCN(c2nnc(-c3nnc(C4CC4)o3)c3ccccc23)CC1. The summed E-state index contributed by atoms with van der Waals surface area (Å²) in [6.45, 7) is 7.55. The third-order valence-electron chi connectivity index (χ3n) is 5.74. The normalized spacial score (nSPS) is 18.1. The van der Waals surface area contributed by atoms with Gasteiger partial charge in [0.15, 0.2) is 11.5 Å². The molecular formula is C21H26N6O. The summed E-state index contributed by atoms with van der Waals surface area (Å²) in [6, 6.07) is 8.27. The molecule has 0 radical (unpaired) electrons. The first kappa shape index (κ1) is 17.6. The molecule has 5 rings (SSSR count). The molecule has 1 aliphatic carbocycles. The van der Waals surface area contributed by atoms with Crippen molar-refractivity contribution in [1.82, 2.24) is 25.3 Å². The summed E-state index contributed by atoms with van der Waals surface area (Å²) in [5, 5.41) is 19.7. The highest BCUT2D eigenvalue weighted by atomic mass is 16.4. The number of fused-ring (bicyclic) bond motifs is 1. The minimum absolute atomic E-state index is 0.434. The van der Waals surface area contributed by atoms with E-state index in [1.165, 1.54) is 19.4 Å². The first-order valence-corrected chi connectivity index (χ1v) is 10.4. The average Bonchev–Trinajstić information content (AvgIpc) is 3.49. The van der Waals surface area contributed by atoms with Crippen LogP contribution in [0.1, 0.15) is 44.4 Å². The van der Waals surface area contributed by atoms with E-state index in [4.69, 9.17) is 4.42 Å². The van der Waals surface area contributed by atoms with E-state index in [2.05, 4.69) is 55.3 Å². The molecule has 146 valence electrons. The largest absolute Gasteiger partial charge is 0.419 e. The number of hydrogen-bond donors (Lipinski definition) is 0. The Morgan fingerprint density at radius 1 is 0.964 bits per heavy atom. The van der Waals surface area contributed by atoms with Gasteiger partial charge >= 0.3 is 0 Å². The summed E-state index contributed by atoms with van der Waals surface area (Å²) in [4.78, 5) is 4.90. The molecular weight excluding hydrogens is 352 g/mol. The Balaban J connectivity index is 1.43. The monoisotopic (exact) mass is 378 g/mol. The van der Waals surface area contributed by atoms with Gasteiger partial charge in [0.2, 0.25) is 5.89 Å². The molecule has 0 atom stereocenters. The molecule has 1 saturated heterocycles. The van der Waals surface area contributed by atoms with Gasteiger partial charge in [-0.15, -0.1) is 20.4 Å². The molecule has 7 nitrogen and oxygen atoms in total. The smallest absolute Gasteiger partial charge is 0.268 e. The van der Waals surface area contributed by atoms with E-state index < -0.39 is 0 Å². The van der Waals surface area contributed by atoms with Crippen LogP contribution in [0.2, 0.25) is 0 Å². The Kier molecular flexibility index (Phi) is 4.68. The second-order valence-electron chi connectivity index (χ2n) is 7.82. The highest BCUT2D eigenvalue weighted by Crippen LogP contribution is 2.40. The molecule has 0 N–H and O–H groups in total. The van der Waals surface area contributed by atoms with E-state index in [0.717, 1.165) is 61.5 Å². The second-order valence-corrected chi connectivity index (χ2v) is 7.82. The molecule has 0 bridgehead atoms. The molecule has 7 heteroatoms. The standard InChI is InChI=1S/C21H26N6O/c1-2-3-10-26-11-13-27(14-12-26)19-17-7-5-4-6-16(17)18(22-23-19)21-25-24-20(28-21)15-8-9-15/h4-7,15H,2-3,8-14H2,1H3. The molecule has 2 aromatic heterocycles. The van der Waals surface area contributed by atoms with Crippen LogP contribution < -0.4 is 4.90 Å². The van der Waals surface area contributed by atoms with Crippen LogP contribution in [0.5, 0.6) is 0 Å². The van der Waals surface area contributed by atoms with Crippen LogP contribution in [0.4, 0.5) is 5.82 Å². The lowest BCUT2D eigenvalue weighted by atomic mass is 10.1. The molecule has 1 saturated carbocycles. The van der Waals surface area contributed by atoms with Gasteiger partial charge in [0.05, 0.1) is 0 Å². The minimum atomic E-state index is 0.434. The Labute approximate surface area is 164 Å². The fourth-order valence-corrected chi connectivity index (χ4v) is 3.87. The second kappa shape index (κ2) is 7.47. The van der Waals surface area contributed by atoms with E-state index in [-0.39, 0.29) is 0 Å². The van der Waals surface area contributed by atoms with Crippen LogP contribution in [0.15, 0.2) is 28.7 Å². The first-order chi connectivity index (χ1) is 13.8. The predicted molar refractivity (Wildman–Crippen MR) is 108 cm³/mol. The van der Waals surface area contributed by atoms with Gasteiger partial charge in [-0.3, -0.25) is 4.90 Å². The van der Waals surface area contributed by atoms with Gasteiger partial charge in [0.1, 0.15) is 0 Å². The number of unbranched alkanes of at least 4 members (excludes halogenated alkanes) is 1. The Morgan fingerprint density at radius 2 is 1.75 bits per heavy atom. The van der Waals surface area contributed by atoms with Crippen LogP contribution in [-0.2, 0) is 0 Å². The molecule has 1 aromatic carbocycles. The molecule has 28 heavy (non-hydrogen) atoms. The maximum Gasteiger partial charge on any atom is 0.268 e. The molecule has 0 spiro atoms. The minimum Gasteiger partial charge on any atom is -0.419 e. The Morgan fingerprint density at radius 3 is 2.50 bits per heavy atom. The van der Waals surface area contributed by atoms with Crippen molar-refractivity contribution in [2.24, 2.45) is 0 Å². The topological polar surface area (TPSA) is 71.2 Å². The number of nitrogens with zero attached hydrogens (tertiary/aromatic N) is 6. The highest BCUT2D eigenvalue weighted by molar-refractivity contribution is 5.99. The fourth-order valence-electron chi connectivity index (χ4n) is 3.87. The lowest BCUT2D eigenvalue weighted by molar-refractivity contribution is 0.254. The van der Waals surface area contributed by atoms with Crippen molar-refractivity contribution in [2.45, 2.75) is 38.5 Å². The Hall–Kier alpha value is -2.54. The number of benzene rings is 1. The summed E-state index contributed by atoms with van der Waals surface area (Å²) >= 11 is 0. The van der Waals surface area contributed by atoms with Crippen molar-refractivity contribution in [3.8, 4) is 11.6 Å². The maximum atomic E-state index is 5.89. The van der Waals surface area contributed by atoms with Crippen molar-refractivity contribution in [3.05, 3.63) is 30.2 Å². The maximum absolute atomic E-state index is 5.89. The highest BCUT2D eigenvalue weighted by Gasteiger charge is 2.30. The van der Waals surface area contributed by atoms with Crippen LogP contribution in [0, 0.1) is 0 Å². The lowest BCUT2D eigenvalue weighted by Crippen LogP contribution is -2.47. The molecule has 0 amide bonds. The summed E-state index contributed by atoms with van der Waals surface area (Å²) in [5.41, 5.74) is 0.681. The first-order valence-electron chi connectivity index (χ1n) is 10.4. The van der Waals surface area contributed by atoms with E-state index in [9.17, 15) is 0 Å². The van der Waals surface area contributed by atoms with Crippen LogP contribution in [-0.4, -0.2) is 58.0 Å². The Bertz CT molecular complexity index is 958. The van der Waals surface area contributed by atoms with Crippen molar-refractivity contribution in [2.75, 3.05) is 37.6 Å². The molecule has 1 aliphatic heterocycles. The van der Waals surface area contributed by atoms with E-state index in [1.54, 1.807) is 0 Å².